The van der Waals surface area contributed by atoms with Crippen molar-refractivity contribution in [2.24, 2.45) is 0 Å². The first-order chi connectivity index (χ1) is 6.61. The number of benzene rings is 1. The van der Waals surface area contributed by atoms with Gasteiger partial charge in [-0.2, -0.15) is 0 Å². The molecule has 0 amide bonds. The molecule has 0 fully saturated rings. The second-order valence-corrected chi connectivity index (χ2v) is 3.83. The summed E-state index contributed by atoms with van der Waals surface area (Å²) in [5.74, 6) is -0.0992. The lowest BCUT2D eigenvalue weighted by Crippen LogP contribution is -1.93. The molecule has 0 radical (unpaired) electrons. The Morgan fingerprint density at radius 2 is 2.14 bits per heavy atom. The third-order valence-corrected chi connectivity index (χ3v) is 2.43. The Labute approximate surface area is 85.5 Å². The molecule has 0 unspecified atom stereocenters. The summed E-state index contributed by atoms with van der Waals surface area (Å²) in [6, 6.07) is 5.28. The highest BCUT2D eigenvalue weighted by atomic mass is 19.1. The van der Waals surface area contributed by atoms with Gasteiger partial charge in [0.1, 0.15) is 5.82 Å². The molecule has 0 heterocycles. The van der Waals surface area contributed by atoms with Crippen LogP contribution in [0, 0.1) is 12.7 Å². The second kappa shape index (κ2) is 4.94. The van der Waals surface area contributed by atoms with E-state index < -0.39 is 0 Å². The van der Waals surface area contributed by atoms with Crippen LogP contribution in [0.15, 0.2) is 30.4 Å². The molecule has 1 aromatic carbocycles. The van der Waals surface area contributed by atoms with Crippen LogP contribution in [0.1, 0.15) is 30.9 Å². The van der Waals surface area contributed by atoms with E-state index in [4.69, 9.17) is 0 Å². The van der Waals surface area contributed by atoms with Gasteiger partial charge in [0.05, 0.1) is 0 Å². The summed E-state index contributed by atoms with van der Waals surface area (Å²) in [4.78, 5) is 0. The maximum Gasteiger partial charge on any atom is 0.126 e. The van der Waals surface area contributed by atoms with Crippen LogP contribution in [0.3, 0.4) is 0 Å². The number of hydrogen-bond acceptors (Lipinski definition) is 0. The summed E-state index contributed by atoms with van der Waals surface area (Å²) in [5.41, 5.74) is 3.10. The zero-order chi connectivity index (χ0) is 10.6. The molecule has 0 aliphatic rings. The maximum absolute atomic E-state index is 13.1. The maximum atomic E-state index is 13.1. The predicted molar refractivity (Wildman–Crippen MR) is 58.9 cm³/mol. The highest BCUT2D eigenvalue weighted by Gasteiger charge is 2.02. The molecule has 0 aromatic heterocycles. The Balaban J connectivity index is 2.59. The summed E-state index contributed by atoms with van der Waals surface area (Å²) >= 11 is 0. The summed E-state index contributed by atoms with van der Waals surface area (Å²) in [6.45, 7) is 7.72. The fourth-order valence-corrected chi connectivity index (χ4v) is 1.50. The number of rotatable bonds is 4. The fraction of sp³-hybridized carbons (Fsp3) is 0.385. The van der Waals surface area contributed by atoms with Gasteiger partial charge in [-0.05, 0) is 50.3 Å². The molecule has 0 aliphatic heterocycles. The summed E-state index contributed by atoms with van der Waals surface area (Å²) in [7, 11) is 0. The Morgan fingerprint density at radius 3 is 2.79 bits per heavy atom. The number of halogens is 1. The average Bonchev–Trinajstić information content (AvgIpc) is 2.12. The van der Waals surface area contributed by atoms with E-state index in [1.165, 1.54) is 11.6 Å². The second-order valence-electron chi connectivity index (χ2n) is 3.83. The Hall–Kier alpha value is -1.11. The molecule has 1 heteroatoms. The van der Waals surface area contributed by atoms with Gasteiger partial charge in [0, 0.05) is 0 Å². The minimum Gasteiger partial charge on any atom is -0.207 e. The molecule has 1 aromatic rings. The summed E-state index contributed by atoms with van der Waals surface area (Å²) < 4.78 is 13.1. The van der Waals surface area contributed by atoms with Crippen LogP contribution >= 0.6 is 0 Å². The normalized spacial score (nSPS) is 10.2. The largest absolute Gasteiger partial charge is 0.207 e. The van der Waals surface area contributed by atoms with E-state index in [0.717, 1.165) is 30.4 Å². The van der Waals surface area contributed by atoms with E-state index in [-0.39, 0.29) is 5.82 Å². The topological polar surface area (TPSA) is 0 Å². The number of allylic oxidation sites excluding steroid dienone is 1. The molecule has 0 bridgehead atoms. The highest BCUT2D eigenvalue weighted by Crippen LogP contribution is 2.15. The van der Waals surface area contributed by atoms with Crippen molar-refractivity contribution in [2.45, 2.75) is 33.1 Å². The van der Waals surface area contributed by atoms with E-state index in [1.807, 2.05) is 19.9 Å². The minimum absolute atomic E-state index is 0.0992. The van der Waals surface area contributed by atoms with Crippen LogP contribution in [0.4, 0.5) is 4.39 Å². The zero-order valence-electron chi connectivity index (χ0n) is 8.94. The van der Waals surface area contributed by atoms with E-state index in [9.17, 15) is 4.39 Å². The van der Waals surface area contributed by atoms with Crippen LogP contribution < -0.4 is 0 Å². The average molecular weight is 192 g/mol. The summed E-state index contributed by atoms with van der Waals surface area (Å²) in [6.07, 6.45) is 3.02. The molecular formula is C13H17F. The van der Waals surface area contributed by atoms with Gasteiger partial charge in [-0.15, -0.1) is 6.58 Å². The standard InChI is InChI=1S/C13H17F/c1-10(2)6-4-7-12-8-5-9-13(14)11(12)3/h5,8-9H,1,4,6-7H2,2-3H3. The number of hydrogen-bond donors (Lipinski definition) is 0. The SMILES string of the molecule is C=C(C)CCCc1cccc(F)c1C. The van der Waals surface area contributed by atoms with E-state index in [2.05, 4.69) is 6.58 Å². The molecule has 0 saturated carbocycles. The third kappa shape index (κ3) is 2.99. The van der Waals surface area contributed by atoms with Gasteiger partial charge in [0.15, 0.2) is 0 Å². The molecule has 0 atom stereocenters. The first kappa shape index (κ1) is 11.0. The van der Waals surface area contributed by atoms with Crippen molar-refractivity contribution in [2.75, 3.05) is 0 Å². The van der Waals surface area contributed by atoms with Crippen molar-refractivity contribution in [1.82, 2.24) is 0 Å². The van der Waals surface area contributed by atoms with Gasteiger partial charge < -0.3 is 0 Å². The van der Waals surface area contributed by atoms with Crippen LogP contribution in [0.5, 0.6) is 0 Å². The minimum atomic E-state index is -0.0992. The Bertz CT molecular complexity index is 326. The smallest absolute Gasteiger partial charge is 0.126 e. The van der Waals surface area contributed by atoms with E-state index in [0.29, 0.717) is 0 Å². The van der Waals surface area contributed by atoms with Crippen LogP contribution in [-0.2, 0) is 6.42 Å². The molecule has 0 aliphatic carbocycles. The highest BCUT2D eigenvalue weighted by molar-refractivity contribution is 5.27. The lowest BCUT2D eigenvalue weighted by Gasteiger charge is -2.06. The third-order valence-electron chi connectivity index (χ3n) is 2.43. The molecule has 0 saturated heterocycles. The molecule has 1 rings (SSSR count). The Kier molecular flexibility index (Phi) is 3.87. The van der Waals surface area contributed by atoms with E-state index in [1.54, 1.807) is 6.07 Å². The van der Waals surface area contributed by atoms with Gasteiger partial charge in [-0.3, -0.25) is 0 Å². The van der Waals surface area contributed by atoms with Crippen molar-refractivity contribution in [3.05, 3.63) is 47.3 Å². The molecular weight excluding hydrogens is 175 g/mol. The van der Waals surface area contributed by atoms with Crippen molar-refractivity contribution in [3.63, 3.8) is 0 Å². The quantitative estimate of drug-likeness (QED) is 0.632. The lowest BCUT2D eigenvalue weighted by molar-refractivity contribution is 0.614. The Morgan fingerprint density at radius 1 is 1.43 bits per heavy atom. The van der Waals surface area contributed by atoms with Crippen LogP contribution in [0.25, 0.3) is 0 Å². The van der Waals surface area contributed by atoms with Crippen LogP contribution in [-0.4, -0.2) is 0 Å². The molecule has 0 nitrogen and oxygen atoms in total. The fourth-order valence-electron chi connectivity index (χ4n) is 1.50. The first-order valence-electron chi connectivity index (χ1n) is 4.99. The molecule has 0 spiro atoms. The van der Waals surface area contributed by atoms with Gasteiger partial charge in [-0.25, -0.2) is 4.39 Å². The van der Waals surface area contributed by atoms with Crippen molar-refractivity contribution >= 4 is 0 Å². The zero-order valence-corrected chi connectivity index (χ0v) is 8.94. The van der Waals surface area contributed by atoms with Gasteiger partial charge in [0.2, 0.25) is 0 Å². The van der Waals surface area contributed by atoms with Crippen molar-refractivity contribution < 1.29 is 4.39 Å². The van der Waals surface area contributed by atoms with Gasteiger partial charge in [-0.1, -0.05) is 17.7 Å². The van der Waals surface area contributed by atoms with Crippen LogP contribution in [0.2, 0.25) is 0 Å². The summed E-state index contributed by atoms with van der Waals surface area (Å²) in [5, 5.41) is 0. The molecule has 76 valence electrons. The van der Waals surface area contributed by atoms with Crippen molar-refractivity contribution in [3.8, 4) is 0 Å². The van der Waals surface area contributed by atoms with Gasteiger partial charge >= 0.3 is 0 Å². The lowest BCUT2D eigenvalue weighted by atomic mass is 10.0. The first-order valence-corrected chi connectivity index (χ1v) is 4.99. The monoisotopic (exact) mass is 192 g/mol. The molecule has 14 heavy (non-hydrogen) atoms. The van der Waals surface area contributed by atoms with Crippen molar-refractivity contribution in [1.29, 1.82) is 0 Å². The molecule has 0 N–H and O–H groups in total. The number of aryl methyl sites for hydroxylation is 1. The van der Waals surface area contributed by atoms with Gasteiger partial charge in [0.25, 0.3) is 0 Å². The van der Waals surface area contributed by atoms with E-state index >= 15 is 0 Å². The predicted octanol–water partition coefficient (Wildman–Crippen LogP) is 4.03.